The predicted octanol–water partition coefficient (Wildman–Crippen LogP) is 6.07. The average Bonchev–Trinajstić information content (AvgIpc) is 2.67. The molecule has 3 aromatic carbocycles. The van der Waals surface area contributed by atoms with E-state index < -0.39 is 0 Å². The maximum absolute atomic E-state index is 4.83. The van der Waals surface area contributed by atoms with Crippen LogP contribution in [-0.2, 0) is 0 Å². The van der Waals surface area contributed by atoms with Crippen LogP contribution in [0.3, 0.4) is 0 Å². The van der Waals surface area contributed by atoms with Gasteiger partial charge in [0, 0.05) is 10.9 Å². The Hall–Kier alpha value is -3.19. The molecule has 0 spiro atoms. The highest BCUT2D eigenvalue weighted by atomic mass is 14.7. The highest BCUT2D eigenvalue weighted by molar-refractivity contribution is 5.92. The van der Waals surface area contributed by atoms with E-state index >= 15 is 0 Å². The molecule has 1 nitrogen and oxygen atoms in total. The molecule has 0 saturated heterocycles. The summed E-state index contributed by atoms with van der Waals surface area (Å²) in [7, 11) is 0. The van der Waals surface area contributed by atoms with Crippen molar-refractivity contribution in [3.05, 3.63) is 102 Å². The summed E-state index contributed by atoms with van der Waals surface area (Å²) in [5, 5.41) is 1.17. The Bertz CT molecular complexity index is 986. The summed E-state index contributed by atoms with van der Waals surface area (Å²) in [5.74, 6) is 0. The summed E-state index contributed by atoms with van der Waals surface area (Å²) in [6, 6.07) is 31.1. The van der Waals surface area contributed by atoms with Crippen molar-refractivity contribution in [1.29, 1.82) is 0 Å². The van der Waals surface area contributed by atoms with E-state index in [0.29, 0.717) is 0 Å². The van der Waals surface area contributed by atoms with Crippen LogP contribution < -0.4 is 0 Å². The minimum Gasteiger partial charge on any atom is -0.248 e. The van der Waals surface area contributed by atoms with Crippen LogP contribution in [0.1, 0.15) is 11.1 Å². The van der Waals surface area contributed by atoms with Crippen LogP contribution in [0.15, 0.2) is 91.0 Å². The first-order chi connectivity index (χ1) is 11.9. The molecule has 0 bridgehead atoms. The normalized spacial score (nSPS) is 11.2. The van der Waals surface area contributed by atoms with Crippen LogP contribution in [0.25, 0.3) is 34.3 Å². The van der Waals surface area contributed by atoms with Crippen molar-refractivity contribution < 1.29 is 0 Å². The van der Waals surface area contributed by atoms with Crippen molar-refractivity contribution in [2.45, 2.75) is 0 Å². The maximum Gasteiger partial charge on any atom is 0.0715 e. The molecule has 0 aliphatic rings. The van der Waals surface area contributed by atoms with Crippen LogP contribution in [-0.4, -0.2) is 4.98 Å². The lowest BCUT2D eigenvalue weighted by Crippen LogP contribution is -1.88. The third kappa shape index (κ3) is 2.97. The van der Waals surface area contributed by atoms with Gasteiger partial charge < -0.3 is 0 Å². The smallest absolute Gasteiger partial charge is 0.0715 e. The predicted molar refractivity (Wildman–Crippen MR) is 103 cm³/mol. The molecule has 4 aromatic rings. The second-order valence-electron chi connectivity index (χ2n) is 5.72. The standard InChI is InChI=1S/C23H17N/c1-3-9-18(10-4-1)15-16-20-17-23(19-11-5-2-6-12-19)24-22-14-8-7-13-21(20)22/h1-17H. The van der Waals surface area contributed by atoms with Gasteiger partial charge in [-0.3, -0.25) is 0 Å². The lowest BCUT2D eigenvalue weighted by Gasteiger charge is -2.07. The fourth-order valence-electron chi connectivity index (χ4n) is 2.85. The van der Waals surface area contributed by atoms with Crippen molar-refractivity contribution in [1.82, 2.24) is 4.98 Å². The molecule has 0 aliphatic heterocycles. The number of benzene rings is 3. The number of hydrogen-bond donors (Lipinski definition) is 0. The SMILES string of the molecule is C(=Cc1cc(-c2ccccc2)nc2ccccc12)c1ccccc1. The molecule has 0 aliphatic carbocycles. The molecule has 0 fully saturated rings. The van der Waals surface area contributed by atoms with Crippen molar-refractivity contribution in [2.75, 3.05) is 0 Å². The lowest BCUT2D eigenvalue weighted by molar-refractivity contribution is 1.39. The lowest BCUT2D eigenvalue weighted by atomic mass is 10.0. The number of nitrogens with zero attached hydrogens (tertiary/aromatic N) is 1. The molecule has 1 heterocycles. The Morgan fingerprint density at radius 1 is 0.625 bits per heavy atom. The Morgan fingerprint density at radius 3 is 2.08 bits per heavy atom. The molecule has 0 unspecified atom stereocenters. The van der Waals surface area contributed by atoms with E-state index in [-0.39, 0.29) is 0 Å². The van der Waals surface area contributed by atoms with E-state index in [1.807, 2.05) is 30.3 Å². The quantitative estimate of drug-likeness (QED) is 0.447. The Labute approximate surface area is 141 Å². The van der Waals surface area contributed by atoms with E-state index in [4.69, 9.17) is 4.98 Å². The molecular weight excluding hydrogens is 290 g/mol. The zero-order valence-electron chi connectivity index (χ0n) is 13.3. The highest BCUT2D eigenvalue weighted by Gasteiger charge is 2.05. The van der Waals surface area contributed by atoms with Crippen LogP contribution in [0.4, 0.5) is 0 Å². The van der Waals surface area contributed by atoms with Gasteiger partial charge in [-0.2, -0.15) is 0 Å². The second kappa shape index (κ2) is 6.51. The Morgan fingerprint density at radius 2 is 1.29 bits per heavy atom. The van der Waals surface area contributed by atoms with Gasteiger partial charge in [-0.1, -0.05) is 91.0 Å². The van der Waals surface area contributed by atoms with Crippen molar-refractivity contribution in [2.24, 2.45) is 0 Å². The molecule has 0 radical (unpaired) electrons. The van der Waals surface area contributed by atoms with Crippen LogP contribution >= 0.6 is 0 Å². The van der Waals surface area contributed by atoms with Gasteiger partial charge in [0.2, 0.25) is 0 Å². The minimum absolute atomic E-state index is 1.00. The number of aromatic nitrogens is 1. The van der Waals surface area contributed by atoms with Gasteiger partial charge in [-0.15, -0.1) is 0 Å². The monoisotopic (exact) mass is 307 g/mol. The molecule has 0 N–H and O–H groups in total. The van der Waals surface area contributed by atoms with Gasteiger partial charge in [0.15, 0.2) is 0 Å². The molecule has 114 valence electrons. The van der Waals surface area contributed by atoms with Gasteiger partial charge in [0.1, 0.15) is 0 Å². The van der Waals surface area contributed by atoms with E-state index in [1.54, 1.807) is 0 Å². The molecule has 1 heteroatoms. The van der Waals surface area contributed by atoms with Gasteiger partial charge >= 0.3 is 0 Å². The average molecular weight is 307 g/mol. The van der Waals surface area contributed by atoms with E-state index in [9.17, 15) is 0 Å². The maximum atomic E-state index is 4.83. The fourth-order valence-corrected chi connectivity index (χ4v) is 2.85. The van der Waals surface area contributed by atoms with Crippen molar-refractivity contribution in [3.63, 3.8) is 0 Å². The van der Waals surface area contributed by atoms with Crippen molar-refractivity contribution in [3.8, 4) is 11.3 Å². The topological polar surface area (TPSA) is 12.9 Å². The first-order valence-corrected chi connectivity index (χ1v) is 8.08. The number of hydrogen-bond acceptors (Lipinski definition) is 1. The van der Waals surface area contributed by atoms with E-state index in [0.717, 1.165) is 16.8 Å². The highest BCUT2D eigenvalue weighted by Crippen LogP contribution is 2.26. The number of rotatable bonds is 3. The third-order valence-corrected chi connectivity index (χ3v) is 4.07. The molecule has 24 heavy (non-hydrogen) atoms. The molecular formula is C23H17N. The van der Waals surface area contributed by atoms with Crippen molar-refractivity contribution >= 4 is 23.1 Å². The van der Waals surface area contributed by atoms with E-state index in [2.05, 4.69) is 72.8 Å². The van der Waals surface area contributed by atoms with Crippen LogP contribution in [0.2, 0.25) is 0 Å². The first kappa shape index (κ1) is 14.4. The molecule has 0 amide bonds. The summed E-state index contributed by atoms with van der Waals surface area (Å²) < 4.78 is 0. The summed E-state index contributed by atoms with van der Waals surface area (Å²) >= 11 is 0. The summed E-state index contributed by atoms with van der Waals surface area (Å²) in [6.45, 7) is 0. The summed E-state index contributed by atoms with van der Waals surface area (Å²) in [4.78, 5) is 4.83. The van der Waals surface area contributed by atoms with Gasteiger partial charge in [0.05, 0.1) is 11.2 Å². The third-order valence-electron chi connectivity index (χ3n) is 4.07. The van der Waals surface area contributed by atoms with E-state index in [1.165, 1.54) is 16.5 Å². The Balaban J connectivity index is 1.85. The minimum atomic E-state index is 1.00. The van der Waals surface area contributed by atoms with Gasteiger partial charge in [0.25, 0.3) is 0 Å². The molecule has 0 saturated carbocycles. The molecule has 1 aromatic heterocycles. The van der Waals surface area contributed by atoms with Gasteiger partial charge in [-0.25, -0.2) is 4.98 Å². The number of fused-ring (bicyclic) bond motifs is 1. The summed E-state index contributed by atoms with van der Waals surface area (Å²) in [6.07, 6.45) is 4.32. The van der Waals surface area contributed by atoms with Crippen LogP contribution in [0, 0.1) is 0 Å². The number of para-hydroxylation sites is 1. The Kier molecular flexibility index (Phi) is 3.91. The number of pyridine rings is 1. The zero-order valence-corrected chi connectivity index (χ0v) is 13.3. The van der Waals surface area contributed by atoms with Crippen LogP contribution in [0.5, 0.6) is 0 Å². The first-order valence-electron chi connectivity index (χ1n) is 8.08. The van der Waals surface area contributed by atoms with Gasteiger partial charge in [-0.05, 0) is 23.3 Å². The zero-order chi connectivity index (χ0) is 16.2. The summed E-state index contributed by atoms with van der Waals surface area (Å²) in [5.41, 5.74) is 5.54. The largest absolute Gasteiger partial charge is 0.248 e. The molecule has 0 atom stereocenters. The fraction of sp³-hybridized carbons (Fsp3) is 0. The second-order valence-corrected chi connectivity index (χ2v) is 5.72. The molecule has 4 rings (SSSR count).